The number of carbonyl (C=O) groups excluding carboxylic acids is 2. The van der Waals surface area contributed by atoms with Gasteiger partial charge in [-0.15, -0.1) is 0 Å². The van der Waals surface area contributed by atoms with Gasteiger partial charge in [0.15, 0.2) is 6.61 Å². The van der Waals surface area contributed by atoms with E-state index in [0.29, 0.717) is 23.7 Å². The number of nitrogens with zero attached hydrogens (tertiary/aromatic N) is 1. The molecule has 0 aliphatic carbocycles. The van der Waals surface area contributed by atoms with Crippen LogP contribution in [0.4, 0.5) is 0 Å². The number of halogens is 1. The maximum absolute atomic E-state index is 12.1. The summed E-state index contributed by atoms with van der Waals surface area (Å²) in [5, 5.41) is 3.94. The number of hydrazone groups is 1. The summed E-state index contributed by atoms with van der Waals surface area (Å²) >= 11 is 2.13. The highest BCUT2D eigenvalue weighted by molar-refractivity contribution is 14.1. The van der Waals surface area contributed by atoms with Crippen molar-refractivity contribution in [3.8, 4) is 11.5 Å². The van der Waals surface area contributed by atoms with Crippen molar-refractivity contribution in [3.05, 3.63) is 57.2 Å². The summed E-state index contributed by atoms with van der Waals surface area (Å²) in [6.07, 6.45) is 1.51. The average Bonchev–Trinajstić information content (AvgIpc) is 2.68. The summed E-state index contributed by atoms with van der Waals surface area (Å²) in [6.45, 7) is 1.91. The quantitative estimate of drug-likeness (QED) is 0.271. The summed E-state index contributed by atoms with van der Waals surface area (Å²) in [5.74, 6) is 0.411. The molecular formula is C19H19IN2O5. The van der Waals surface area contributed by atoms with E-state index in [9.17, 15) is 9.59 Å². The largest absolute Gasteiger partial charge is 0.496 e. The van der Waals surface area contributed by atoms with Crippen LogP contribution in [-0.2, 0) is 9.53 Å². The topological polar surface area (TPSA) is 86.2 Å². The van der Waals surface area contributed by atoms with Gasteiger partial charge in [-0.3, -0.25) is 4.79 Å². The summed E-state index contributed by atoms with van der Waals surface area (Å²) in [5.41, 5.74) is 3.68. The third-order valence-electron chi connectivity index (χ3n) is 3.34. The Morgan fingerprint density at radius 1 is 1.19 bits per heavy atom. The zero-order valence-corrected chi connectivity index (χ0v) is 17.1. The van der Waals surface area contributed by atoms with Crippen LogP contribution in [0, 0.1) is 3.57 Å². The Kier molecular flexibility index (Phi) is 8.05. The van der Waals surface area contributed by atoms with Gasteiger partial charge in [0.1, 0.15) is 11.5 Å². The SMILES string of the molecule is CCOC(=O)COc1ccc(/C=N\NC(=O)c2ccc(I)c(OC)c2)cc1. The number of amides is 1. The molecule has 0 aromatic heterocycles. The number of hydrogen-bond acceptors (Lipinski definition) is 6. The number of benzene rings is 2. The molecule has 0 aliphatic rings. The third-order valence-corrected chi connectivity index (χ3v) is 4.23. The van der Waals surface area contributed by atoms with Gasteiger partial charge in [0.05, 0.1) is 23.5 Å². The molecule has 0 heterocycles. The smallest absolute Gasteiger partial charge is 0.344 e. The standard InChI is InChI=1S/C19H19IN2O5/c1-3-26-18(23)12-27-15-7-4-13(5-8-15)11-21-22-19(24)14-6-9-16(20)17(10-14)25-2/h4-11H,3,12H2,1-2H3,(H,22,24)/b21-11-. The Bertz CT molecular complexity index is 821. The lowest BCUT2D eigenvalue weighted by Gasteiger charge is -2.06. The van der Waals surface area contributed by atoms with Crippen LogP contribution >= 0.6 is 22.6 Å². The van der Waals surface area contributed by atoms with E-state index in [4.69, 9.17) is 14.2 Å². The molecule has 1 amide bonds. The van der Waals surface area contributed by atoms with Crippen molar-refractivity contribution >= 4 is 40.7 Å². The first-order chi connectivity index (χ1) is 13.0. The van der Waals surface area contributed by atoms with Gasteiger partial charge in [0.25, 0.3) is 5.91 Å². The monoisotopic (exact) mass is 482 g/mol. The molecule has 7 nitrogen and oxygen atoms in total. The molecule has 8 heteroatoms. The Morgan fingerprint density at radius 3 is 2.59 bits per heavy atom. The van der Waals surface area contributed by atoms with Gasteiger partial charge in [0, 0.05) is 5.56 Å². The van der Waals surface area contributed by atoms with Gasteiger partial charge in [-0.25, -0.2) is 10.2 Å². The molecule has 142 valence electrons. The molecule has 0 unspecified atom stereocenters. The minimum Gasteiger partial charge on any atom is -0.496 e. The molecule has 2 rings (SSSR count). The van der Waals surface area contributed by atoms with E-state index in [1.807, 2.05) is 0 Å². The van der Waals surface area contributed by atoms with Crippen LogP contribution < -0.4 is 14.9 Å². The fraction of sp³-hybridized carbons (Fsp3) is 0.211. The molecule has 1 N–H and O–H groups in total. The zero-order chi connectivity index (χ0) is 19.6. The first kappa shape index (κ1) is 20.7. The lowest BCUT2D eigenvalue weighted by molar-refractivity contribution is -0.145. The van der Waals surface area contributed by atoms with Gasteiger partial charge >= 0.3 is 5.97 Å². The van der Waals surface area contributed by atoms with Crippen molar-refractivity contribution in [2.45, 2.75) is 6.92 Å². The highest BCUT2D eigenvalue weighted by atomic mass is 127. The van der Waals surface area contributed by atoms with Crippen molar-refractivity contribution in [2.75, 3.05) is 20.3 Å². The van der Waals surface area contributed by atoms with E-state index in [-0.39, 0.29) is 12.5 Å². The number of hydrogen-bond donors (Lipinski definition) is 1. The maximum Gasteiger partial charge on any atom is 0.344 e. The number of ether oxygens (including phenoxy) is 3. The molecule has 0 saturated heterocycles. The van der Waals surface area contributed by atoms with E-state index < -0.39 is 5.97 Å². The molecule has 27 heavy (non-hydrogen) atoms. The highest BCUT2D eigenvalue weighted by Crippen LogP contribution is 2.21. The first-order valence-electron chi connectivity index (χ1n) is 8.09. The second-order valence-electron chi connectivity index (χ2n) is 5.21. The van der Waals surface area contributed by atoms with Crippen LogP contribution in [0.5, 0.6) is 11.5 Å². The van der Waals surface area contributed by atoms with Crippen molar-refractivity contribution in [3.63, 3.8) is 0 Å². The highest BCUT2D eigenvalue weighted by Gasteiger charge is 2.08. The van der Waals surface area contributed by atoms with Crippen LogP contribution in [0.3, 0.4) is 0 Å². The van der Waals surface area contributed by atoms with Gasteiger partial charge < -0.3 is 14.2 Å². The molecule has 0 spiro atoms. The van der Waals surface area contributed by atoms with Crippen molar-refractivity contribution in [1.29, 1.82) is 0 Å². The molecule has 0 saturated carbocycles. The van der Waals surface area contributed by atoms with E-state index in [1.54, 1.807) is 56.5 Å². The van der Waals surface area contributed by atoms with Crippen molar-refractivity contribution in [1.82, 2.24) is 5.43 Å². The minimum absolute atomic E-state index is 0.142. The van der Waals surface area contributed by atoms with E-state index in [0.717, 1.165) is 9.13 Å². The van der Waals surface area contributed by atoms with Gasteiger partial charge in [-0.05, 0) is 77.5 Å². The number of esters is 1. The Hall–Kier alpha value is -2.62. The fourth-order valence-corrected chi connectivity index (χ4v) is 2.58. The normalized spacial score (nSPS) is 10.5. The summed E-state index contributed by atoms with van der Waals surface area (Å²) < 4.78 is 16.2. The third kappa shape index (κ3) is 6.55. The molecule has 0 atom stereocenters. The number of carbonyl (C=O) groups is 2. The predicted octanol–water partition coefficient (Wildman–Crippen LogP) is 3.01. The molecule has 0 radical (unpaired) electrons. The Balaban J connectivity index is 1.88. The average molecular weight is 482 g/mol. The second kappa shape index (κ2) is 10.5. The molecule has 0 fully saturated rings. The minimum atomic E-state index is -0.418. The Morgan fingerprint density at radius 2 is 1.93 bits per heavy atom. The molecule has 0 aliphatic heterocycles. The van der Waals surface area contributed by atoms with E-state index in [2.05, 4.69) is 33.1 Å². The molecule has 2 aromatic rings. The maximum atomic E-state index is 12.1. The molecule has 2 aromatic carbocycles. The van der Waals surface area contributed by atoms with Crippen LogP contribution in [0.1, 0.15) is 22.8 Å². The van der Waals surface area contributed by atoms with Crippen molar-refractivity contribution in [2.24, 2.45) is 5.10 Å². The van der Waals surface area contributed by atoms with Crippen LogP contribution in [0.25, 0.3) is 0 Å². The van der Waals surface area contributed by atoms with Crippen LogP contribution in [0.2, 0.25) is 0 Å². The number of methoxy groups -OCH3 is 1. The number of rotatable bonds is 8. The van der Waals surface area contributed by atoms with E-state index >= 15 is 0 Å². The summed E-state index contributed by atoms with van der Waals surface area (Å²) in [4.78, 5) is 23.4. The zero-order valence-electron chi connectivity index (χ0n) is 14.9. The van der Waals surface area contributed by atoms with Crippen molar-refractivity contribution < 1.29 is 23.8 Å². The predicted molar refractivity (Wildman–Crippen MR) is 109 cm³/mol. The lowest BCUT2D eigenvalue weighted by atomic mass is 10.2. The summed E-state index contributed by atoms with van der Waals surface area (Å²) in [6, 6.07) is 12.1. The second-order valence-corrected chi connectivity index (χ2v) is 6.37. The fourth-order valence-electron chi connectivity index (χ4n) is 2.03. The van der Waals surface area contributed by atoms with Gasteiger partial charge in [-0.1, -0.05) is 0 Å². The molecule has 0 bridgehead atoms. The van der Waals surface area contributed by atoms with Crippen LogP contribution in [-0.4, -0.2) is 38.4 Å². The number of nitrogens with one attached hydrogen (secondary N) is 1. The van der Waals surface area contributed by atoms with Gasteiger partial charge in [0.2, 0.25) is 0 Å². The first-order valence-corrected chi connectivity index (χ1v) is 9.16. The summed E-state index contributed by atoms with van der Waals surface area (Å²) in [7, 11) is 1.55. The lowest BCUT2D eigenvalue weighted by Crippen LogP contribution is -2.17. The van der Waals surface area contributed by atoms with Gasteiger partial charge in [-0.2, -0.15) is 5.10 Å². The Labute approximate surface area is 170 Å². The molecular weight excluding hydrogens is 463 g/mol. The van der Waals surface area contributed by atoms with Crippen LogP contribution in [0.15, 0.2) is 47.6 Å². The van der Waals surface area contributed by atoms with E-state index in [1.165, 1.54) is 6.21 Å².